The Labute approximate surface area is 260 Å². The zero-order valence-corrected chi connectivity index (χ0v) is 26.5. The molecule has 9 atom stereocenters. The van der Waals surface area contributed by atoms with Crippen LogP contribution in [0.15, 0.2) is 48.2 Å². The smallest absolute Gasteiger partial charge is 0.226 e. The highest BCUT2D eigenvalue weighted by Gasteiger charge is 2.77. The highest BCUT2D eigenvalue weighted by molar-refractivity contribution is 5.62. The van der Waals surface area contributed by atoms with Crippen molar-refractivity contribution in [2.45, 2.75) is 83.7 Å². The van der Waals surface area contributed by atoms with Crippen molar-refractivity contribution in [2.75, 3.05) is 26.8 Å². The van der Waals surface area contributed by atoms with Gasteiger partial charge in [0.2, 0.25) is 5.79 Å². The normalized spacial score (nSPS) is 42.4. The van der Waals surface area contributed by atoms with Gasteiger partial charge >= 0.3 is 0 Å². The first-order chi connectivity index (χ1) is 21.3. The number of nitrogens with zero attached hydrogens (tertiary/aromatic N) is 2. The summed E-state index contributed by atoms with van der Waals surface area (Å²) >= 11 is 0. The fraction of sp³-hybridized carbons (Fsp3) is 0.639. The number of fused-ring (bicyclic) bond motifs is 8. The minimum Gasteiger partial charge on any atom is -0.490 e. The molecule has 1 unspecified atom stereocenters. The molecule has 5 fully saturated rings. The van der Waals surface area contributed by atoms with E-state index in [2.05, 4.69) is 62.7 Å². The van der Waals surface area contributed by atoms with E-state index >= 15 is 0 Å². The topological polar surface area (TPSA) is 84.2 Å². The van der Waals surface area contributed by atoms with Gasteiger partial charge in [-0.3, -0.25) is 0 Å². The number of ether oxygens (including phenoxy) is 5. The van der Waals surface area contributed by atoms with Crippen molar-refractivity contribution in [3.05, 3.63) is 59.4 Å². The number of hydrogen-bond donors (Lipinski definition) is 1. The van der Waals surface area contributed by atoms with Crippen molar-refractivity contribution < 1.29 is 28.8 Å². The van der Waals surface area contributed by atoms with Gasteiger partial charge < -0.3 is 28.8 Å². The van der Waals surface area contributed by atoms with Crippen molar-refractivity contribution in [1.29, 1.82) is 0 Å². The van der Waals surface area contributed by atoms with Crippen LogP contribution in [-0.4, -0.2) is 59.2 Å². The Morgan fingerprint density at radius 1 is 1.11 bits per heavy atom. The van der Waals surface area contributed by atoms with E-state index in [1.54, 1.807) is 0 Å². The predicted molar refractivity (Wildman–Crippen MR) is 165 cm³/mol. The van der Waals surface area contributed by atoms with Gasteiger partial charge in [0.25, 0.3) is 0 Å². The van der Waals surface area contributed by atoms with Gasteiger partial charge in [0.05, 0.1) is 23.7 Å². The lowest BCUT2D eigenvalue weighted by atomic mass is 9.43. The van der Waals surface area contributed by atoms with Gasteiger partial charge in [-0.2, -0.15) is 5.10 Å². The van der Waals surface area contributed by atoms with Crippen LogP contribution >= 0.6 is 0 Å². The second-order valence-electron chi connectivity index (χ2n) is 14.6. The number of aliphatic hydroxyl groups excluding tert-OH is 1. The molecule has 2 aromatic rings. The second kappa shape index (κ2) is 10.3. The maximum Gasteiger partial charge on any atom is 0.226 e. The highest BCUT2D eigenvalue weighted by atomic mass is 16.9. The van der Waals surface area contributed by atoms with Gasteiger partial charge in [0.15, 0.2) is 13.6 Å². The van der Waals surface area contributed by atoms with Crippen LogP contribution in [0.2, 0.25) is 0 Å². The predicted octanol–water partition coefficient (Wildman–Crippen LogP) is 6.06. The highest BCUT2D eigenvalue weighted by Crippen LogP contribution is 2.72. The number of rotatable bonds is 5. The number of aliphatic hydroxyl groups is 1. The molecule has 8 rings (SSSR count). The number of hydrogen-bond acceptors (Lipinski definition) is 7. The van der Waals surface area contributed by atoms with Crippen LogP contribution in [0.25, 0.3) is 11.8 Å². The average Bonchev–Trinajstić information content (AvgIpc) is 3.78. The Bertz CT molecular complexity index is 1470. The van der Waals surface area contributed by atoms with Crippen LogP contribution in [0.3, 0.4) is 0 Å². The molecule has 8 nitrogen and oxygen atoms in total. The van der Waals surface area contributed by atoms with Gasteiger partial charge in [-0.05, 0) is 104 Å². The van der Waals surface area contributed by atoms with Crippen molar-refractivity contribution in [3.63, 3.8) is 0 Å². The molecule has 2 spiro atoms. The summed E-state index contributed by atoms with van der Waals surface area (Å²) in [7, 11) is 0. The maximum absolute atomic E-state index is 12.2. The summed E-state index contributed by atoms with van der Waals surface area (Å²) in [6.07, 6.45) is 13.7. The molecule has 3 heterocycles. The number of benzene rings is 1. The third kappa shape index (κ3) is 3.84. The molecule has 1 aromatic heterocycles. The van der Waals surface area contributed by atoms with E-state index in [1.165, 1.54) is 11.1 Å². The van der Waals surface area contributed by atoms with Crippen molar-refractivity contribution in [1.82, 2.24) is 9.78 Å². The lowest BCUT2D eigenvalue weighted by Gasteiger charge is -2.62. The fourth-order valence-electron chi connectivity index (χ4n) is 10.9. The van der Waals surface area contributed by atoms with Gasteiger partial charge in [-0.15, -0.1) is 0 Å². The Hall–Kier alpha value is -2.49. The average molecular weight is 603 g/mol. The summed E-state index contributed by atoms with van der Waals surface area (Å²) in [5.41, 5.74) is 3.90. The summed E-state index contributed by atoms with van der Waals surface area (Å²) in [4.78, 5) is 0. The standard InChI is InChI=1S/C36H46N2O6/c1-5-6-7-14-41-26-10-8-25(9-11-26)38-30-16-29-23(2)15-27-28-12-13-35(36(44-22-42-35)20-40-21-43-36)34(28,4)18-31(39)32(27)33(29,3)17-24(30)19-37-38/h6-11,16,19,23,27-28,31-32,39H,5,12-15,17-18,20-22H2,1-4H3/b7-6-/t23-,27-,28-,31-,32+,33-,34-,35+,36?/m0/s1. The number of allylic oxidation sites excluding steroid dienone is 2. The summed E-state index contributed by atoms with van der Waals surface area (Å²) in [6.45, 7) is 10.7. The molecule has 0 amide bonds. The fourth-order valence-corrected chi connectivity index (χ4v) is 10.9. The van der Waals surface area contributed by atoms with Gasteiger partial charge in [0.1, 0.15) is 24.6 Å². The largest absolute Gasteiger partial charge is 0.490 e. The van der Waals surface area contributed by atoms with E-state index in [0.717, 1.165) is 49.2 Å². The molecule has 0 bridgehead atoms. The first-order valence-electron chi connectivity index (χ1n) is 16.6. The molecule has 0 radical (unpaired) electrons. The molecule has 1 aromatic carbocycles. The van der Waals surface area contributed by atoms with Gasteiger partial charge in [-0.25, -0.2) is 4.68 Å². The van der Waals surface area contributed by atoms with E-state index in [4.69, 9.17) is 28.8 Å². The molecule has 44 heavy (non-hydrogen) atoms. The molecule has 8 heteroatoms. The van der Waals surface area contributed by atoms with E-state index < -0.39 is 17.5 Å². The van der Waals surface area contributed by atoms with E-state index in [0.29, 0.717) is 37.4 Å². The summed E-state index contributed by atoms with van der Waals surface area (Å²) in [5.74, 6) is 1.36. The summed E-state index contributed by atoms with van der Waals surface area (Å²) in [5, 5.41) is 17.1. The van der Waals surface area contributed by atoms with Gasteiger partial charge in [-0.1, -0.05) is 45.4 Å². The Morgan fingerprint density at radius 3 is 2.70 bits per heavy atom. The lowest BCUT2D eigenvalue weighted by Crippen LogP contribution is -2.66. The van der Waals surface area contributed by atoms with Crippen LogP contribution in [0.4, 0.5) is 0 Å². The molecule has 6 aliphatic rings. The zero-order chi connectivity index (χ0) is 30.3. The molecule has 2 saturated heterocycles. The molecular weight excluding hydrogens is 556 g/mol. The third-order valence-electron chi connectivity index (χ3n) is 12.6. The SMILES string of the molecule is CC/C=C\COc1ccc(-n2ncc3c2C=C2[C@@H](C)C[C@@H]4[C@H]([C@@H](O)C[C@@]5(C)[C@H]4CC[C@@]54OCOC45COCO5)[C@@]2(C)C3)cc1. The maximum atomic E-state index is 12.2. The summed E-state index contributed by atoms with van der Waals surface area (Å²) < 4.78 is 32.6. The molecular formula is C36H46N2O6. The van der Waals surface area contributed by atoms with Crippen LogP contribution in [-0.2, 0) is 25.4 Å². The van der Waals surface area contributed by atoms with Crippen LogP contribution < -0.4 is 4.74 Å². The Morgan fingerprint density at radius 2 is 1.93 bits per heavy atom. The molecule has 3 saturated carbocycles. The minimum absolute atomic E-state index is 0.138. The van der Waals surface area contributed by atoms with E-state index in [1.807, 2.05) is 18.3 Å². The lowest BCUT2D eigenvalue weighted by molar-refractivity contribution is -0.258. The van der Waals surface area contributed by atoms with Crippen LogP contribution in [0.1, 0.15) is 71.1 Å². The molecule has 1 N–H and O–H groups in total. The van der Waals surface area contributed by atoms with E-state index in [9.17, 15) is 5.11 Å². The van der Waals surface area contributed by atoms with Crippen molar-refractivity contribution >= 4 is 6.08 Å². The Balaban J connectivity index is 1.09. The van der Waals surface area contributed by atoms with Crippen LogP contribution in [0.5, 0.6) is 5.75 Å². The summed E-state index contributed by atoms with van der Waals surface area (Å²) in [6, 6.07) is 8.21. The second-order valence-corrected chi connectivity index (χ2v) is 14.6. The molecule has 4 aliphatic carbocycles. The Kier molecular flexibility index (Phi) is 6.75. The van der Waals surface area contributed by atoms with E-state index in [-0.39, 0.29) is 30.3 Å². The number of aromatic nitrogens is 2. The van der Waals surface area contributed by atoms with Crippen molar-refractivity contribution in [2.24, 2.45) is 34.5 Å². The zero-order valence-electron chi connectivity index (χ0n) is 26.5. The van der Waals surface area contributed by atoms with Crippen molar-refractivity contribution in [3.8, 4) is 11.4 Å². The third-order valence-corrected chi connectivity index (χ3v) is 12.6. The monoisotopic (exact) mass is 602 g/mol. The quantitative estimate of drug-likeness (QED) is 0.417. The first kappa shape index (κ1) is 28.9. The molecule has 2 aliphatic heterocycles. The van der Waals surface area contributed by atoms with Crippen LogP contribution in [0, 0.1) is 34.5 Å². The van der Waals surface area contributed by atoms with Gasteiger partial charge in [0, 0.05) is 5.41 Å². The first-order valence-corrected chi connectivity index (χ1v) is 16.6. The molecule has 236 valence electrons. The minimum atomic E-state index is -0.872.